The van der Waals surface area contributed by atoms with Crippen LogP contribution in [0.4, 0.5) is 24.8 Å². The van der Waals surface area contributed by atoms with Gasteiger partial charge in [-0.2, -0.15) is 13.2 Å². The number of anilines is 2. The molecule has 1 aliphatic heterocycles. The van der Waals surface area contributed by atoms with Crippen LogP contribution in [0.5, 0.6) is 0 Å². The summed E-state index contributed by atoms with van der Waals surface area (Å²) >= 11 is 0. The molecule has 0 amide bonds. The Hall–Kier alpha value is -1.50. The van der Waals surface area contributed by atoms with Crippen molar-refractivity contribution >= 4 is 11.6 Å². The summed E-state index contributed by atoms with van der Waals surface area (Å²) in [6.07, 6.45) is -3.62. The monoisotopic (exact) mass is 289 g/mol. The molecule has 0 aliphatic carbocycles. The highest BCUT2D eigenvalue weighted by Gasteiger charge is 2.32. The summed E-state index contributed by atoms with van der Waals surface area (Å²) in [5.74, 6) is 0.550. The minimum absolute atomic E-state index is 0.0214. The van der Waals surface area contributed by atoms with Gasteiger partial charge in [-0.3, -0.25) is 0 Å². The molecule has 0 saturated carbocycles. The van der Waals surface area contributed by atoms with Crippen LogP contribution in [-0.4, -0.2) is 37.8 Å². The zero-order valence-electron chi connectivity index (χ0n) is 11.5. The molecule has 1 aliphatic rings. The van der Waals surface area contributed by atoms with Gasteiger partial charge < -0.3 is 15.0 Å². The fraction of sp³-hybridized carbons (Fsp3) is 0.615. The summed E-state index contributed by atoms with van der Waals surface area (Å²) in [6, 6.07) is 2.11. The van der Waals surface area contributed by atoms with E-state index in [1.165, 1.54) is 0 Å². The molecule has 4 nitrogen and oxygen atoms in total. The van der Waals surface area contributed by atoms with Crippen molar-refractivity contribution in [3.63, 3.8) is 0 Å². The van der Waals surface area contributed by atoms with Crippen LogP contribution in [0.25, 0.3) is 0 Å². The lowest BCUT2D eigenvalue weighted by molar-refractivity contribution is -0.137. The third-order valence-electron chi connectivity index (χ3n) is 3.17. The molecule has 0 spiro atoms. The van der Waals surface area contributed by atoms with Crippen LogP contribution in [0.1, 0.15) is 18.9 Å². The van der Waals surface area contributed by atoms with Crippen molar-refractivity contribution in [2.75, 3.05) is 37.0 Å². The highest BCUT2D eigenvalue weighted by atomic mass is 19.4. The van der Waals surface area contributed by atoms with Crippen molar-refractivity contribution in [1.29, 1.82) is 0 Å². The van der Waals surface area contributed by atoms with Crippen molar-refractivity contribution in [1.82, 2.24) is 4.98 Å². The molecule has 1 aromatic heterocycles. The summed E-state index contributed by atoms with van der Waals surface area (Å²) in [6.45, 7) is 3.71. The molecule has 112 valence electrons. The van der Waals surface area contributed by atoms with E-state index in [9.17, 15) is 13.2 Å². The maximum Gasteiger partial charge on any atom is 0.416 e. The molecular formula is C13H18F3N3O. The van der Waals surface area contributed by atoms with Gasteiger partial charge in [-0.05, 0) is 25.5 Å². The Morgan fingerprint density at radius 2 is 2.15 bits per heavy atom. The van der Waals surface area contributed by atoms with E-state index in [4.69, 9.17) is 4.74 Å². The first-order chi connectivity index (χ1) is 9.40. The van der Waals surface area contributed by atoms with E-state index in [0.29, 0.717) is 25.5 Å². The van der Waals surface area contributed by atoms with Crippen molar-refractivity contribution in [3.8, 4) is 0 Å². The van der Waals surface area contributed by atoms with Crippen molar-refractivity contribution in [2.24, 2.45) is 0 Å². The van der Waals surface area contributed by atoms with E-state index < -0.39 is 11.7 Å². The molecular weight excluding hydrogens is 271 g/mol. The Bertz CT molecular complexity index is 465. The molecule has 2 heterocycles. The highest BCUT2D eigenvalue weighted by molar-refractivity contribution is 5.51. The Morgan fingerprint density at radius 3 is 2.80 bits per heavy atom. The number of hydrogen-bond donors (Lipinski definition) is 1. The number of pyridine rings is 1. The highest BCUT2D eigenvalue weighted by Crippen LogP contribution is 2.33. The molecule has 2 rings (SSSR count). The molecule has 1 aromatic rings. The van der Waals surface area contributed by atoms with Crippen LogP contribution >= 0.6 is 0 Å². The molecule has 1 fully saturated rings. The molecule has 1 unspecified atom stereocenters. The Labute approximate surface area is 115 Å². The molecule has 20 heavy (non-hydrogen) atoms. The van der Waals surface area contributed by atoms with Gasteiger partial charge in [0.1, 0.15) is 11.6 Å². The number of hydrogen-bond acceptors (Lipinski definition) is 4. The van der Waals surface area contributed by atoms with Crippen molar-refractivity contribution < 1.29 is 17.9 Å². The first kappa shape index (κ1) is 14.9. The first-order valence-corrected chi connectivity index (χ1v) is 6.53. The second-order valence-electron chi connectivity index (χ2n) is 4.83. The minimum Gasteiger partial charge on any atom is -0.377 e. The normalized spacial score (nSPS) is 20.6. The van der Waals surface area contributed by atoms with E-state index in [1.807, 2.05) is 11.8 Å². The van der Waals surface area contributed by atoms with Gasteiger partial charge in [0.2, 0.25) is 0 Å². The van der Waals surface area contributed by atoms with Gasteiger partial charge in [-0.15, -0.1) is 0 Å². The SMILES string of the molecule is CNc1cc(C(F)(F)F)cc(N2CCCOC(C)C2)n1. The lowest BCUT2D eigenvalue weighted by atomic mass is 10.2. The van der Waals surface area contributed by atoms with Gasteiger partial charge in [0.05, 0.1) is 11.7 Å². The maximum atomic E-state index is 12.9. The van der Waals surface area contributed by atoms with Crippen LogP contribution in [0.15, 0.2) is 12.1 Å². The van der Waals surface area contributed by atoms with Crippen molar-refractivity contribution in [3.05, 3.63) is 17.7 Å². The van der Waals surface area contributed by atoms with Crippen LogP contribution in [0, 0.1) is 0 Å². The van der Waals surface area contributed by atoms with Crippen LogP contribution in [0.2, 0.25) is 0 Å². The minimum atomic E-state index is -4.38. The van der Waals surface area contributed by atoms with Gasteiger partial charge >= 0.3 is 6.18 Å². The van der Waals surface area contributed by atoms with Crippen molar-refractivity contribution in [2.45, 2.75) is 25.6 Å². The predicted octanol–water partition coefficient (Wildman–Crippen LogP) is 2.76. The first-order valence-electron chi connectivity index (χ1n) is 6.53. The second-order valence-corrected chi connectivity index (χ2v) is 4.83. The number of aromatic nitrogens is 1. The van der Waals surface area contributed by atoms with Crippen LogP contribution < -0.4 is 10.2 Å². The number of nitrogens with one attached hydrogen (secondary N) is 1. The summed E-state index contributed by atoms with van der Waals surface area (Å²) in [5.41, 5.74) is -0.690. The molecule has 7 heteroatoms. The predicted molar refractivity (Wildman–Crippen MR) is 71.0 cm³/mol. The zero-order chi connectivity index (χ0) is 14.8. The van der Waals surface area contributed by atoms with Crippen LogP contribution in [0.3, 0.4) is 0 Å². The standard InChI is InChI=1S/C13H18F3N3O/c1-9-8-19(4-3-5-20-9)12-7-10(13(14,15)16)6-11(17-2)18-12/h6-7,9H,3-5,8H2,1-2H3,(H,17,18). The summed E-state index contributed by atoms with van der Waals surface area (Å²) in [7, 11) is 1.56. The lowest BCUT2D eigenvalue weighted by Crippen LogP contribution is -2.31. The third kappa shape index (κ3) is 3.53. The van der Waals surface area contributed by atoms with E-state index in [-0.39, 0.29) is 11.9 Å². The Kier molecular flexibility index (Phi) is 4.37. The third-order valence-corrected chi connectivity index (χ3v) is 3.17. The van der Waals surface area contributed by atoms with Gasteiger partial charge in [-0.1, -0.05) is 0 Å². The summed E-state index contributed by atoms with van der Waals surface area (Å²) in [4.78, 5) is 6.07. The Morgan fingerprint density at radius 1 is 1.40 bits per heavy atom. The van der Waals surface area contributed by atoms with Gasteiger partial charge in [0.15, 0.2) is 0 Å². The van der Waals surface area contributed by atoms with Gasteiger partial charge in [0, 0.05) is 26.7 Å². The number of nitrogens with zero attached hydrogens (tertiary/aromatic N) is 2. The van der Waals surface area contributed by atoms with Gasteiger partial charge in [0.25, 0.3) is 0 Å². The number of rotatable bonds is 2. The summed E-state index contributed by atoms with van der Waals surface area (Å²) in [5, 5.41) is 2.68. The molecule has 0 aromatic carbocycles. The van der Waals surface area contributed by atoms with E-state index >= 15 is 0 Å². The molecule has 0 radical (unpaired) electrons. The molecule has 0 bridgehead atoms. The molecule has 1 N–H and O–H groups in total. The van der Waals surface area contributed by atoms with Gasteiger partial charge in [-0.25, -0.2) is 4.98 Å². The number of halogens is 3. The fourth-order valence-corrected chi connectivity index (χ4v) is 2.17. The quantitative estimate of drug-likeness (QED) is 0.908. The zero-order valence-corrected chi connectivity index (χ0v) is 11.5. The Balaban J connectivity index is 2.34. The van der Waals surface area contributed by atoms with E-state index in [2.05, 4.69) is 10.3 Å². The maximum absolute atomic E-state index is 12.9. The smallest absolute Gasteiger partial charge is 0.377 e. The number of ether oxygens (including phenoxy) is 1. The average molecular weight is 289 g/mol. The fourth-order valence-electron chi connectivity index (χ4n) is 2.17. The summed E-state index contributed by atoms with van der Waals surface area (Å²) < 4.78 is 44.2. The average Bonchev–Trinajstić information content (AvgIpc) is 2.62. The molecule has 1 saturated heterocycles. The largest absolute Gasteiger partial charge is 0.416 e. The van der Waals surface area contributed by atoms with Crippen LogP contribution in [-0.2, 0) is 10.9 Å². The van der Waals surface area contributed by atoms with E-state index in [1.54, 1.807) is 7.05 Å². The van der Waals surface area contributed by atoms with E-state index in [0.717, 1.165) is 18.6 Å². The second kappa shape index (κ2) is 5.87. The molecule has 1 atom stereocenters. The topological polar surface area (TPSA) is 37.4 Å². The lowest BCUT2D eigenvalue weighted by Gasteiger charge is -2.24. The number of alkyl halides is 3.